The highest BCUT2D eigenvalue weighted by Gasteiger charge is 2.35. The van der Waals surface area contributed by atoms with Gasteiger partial charge in [-0.15, -0.1) is 0 Å². The maximum atomic E-state index is 12.0. The van der Waals surface area contributed by atoms with Crippen molar-refractivity contribution in [3.05, 3.63) is 0 Å². The summed E-state index contributed by atoms with van der Waals surface area (Å²) in [7, 11) is 1.67. The molecule has 3 atom stereocenters. The van der Waals surface area contributed by atoms with Crippen molar-refractivity contribution >= 4 is 11.9 Å². The smallest absolute Gasteiger partial charge is 0.306 e. The highest BCUT2D eigenvalue weighted by molar-refractivity contribution is 5.80. The van der Waals surface area contributed by atoms with E-state index >= 15 is 0 Å². The van der Waals surface area contributed by atoms with Gasteiger partial charge in [0.25, 0.3) is 0 Å². The van der Waals surface area contributed by atoms with Crippen LogP contribution in [0.2, 0.25) is 0 Å². The van der Waals surface area contributed by atoms with Gasteiger partial charge in [0.1, 0.15) is 0 Å². The molecule has 17 heavy (non-hydrogen) atoms. The van der Waals surface area contributed by atoms with Crippen LogP contribution in [0.15, 0.2) is 0 Å². The summed E-state index contributed by atoms with van der Waals surface area (Å²) in [4.78, 5) is 24.3. The average Bonchev–Trinajstić information content (AvgIpc) is 2.77. The van der Waals surface area contributed by atoms with Crippen molar-refractivity contribution in [1.29, 1.82) is 5.26 Å². The Morgan fingerprint density at radius 3 is 2.53 bits per heavy atom. The van der Waals surface area contributed by atoms with Gasteiger partial charge in [-0.3, -0.25) is 9.59 Å². The fourth-order valence-electron chi connectivity index (χ4n) is 2.28. The molecule has 0 aromatic carbocycles. The van der Waals surface area contributed by atoms with Crippen molar-refractivity contribution in [3.63, 3.8) is 0 Å². The zero-order chi connectivity index (χ0) is 13.0. The van der Waals surface area contributed by atoms with Crippen molar-refractivity contribution in [1.82, 2.24) is 4.90 Å². The minimum atomic E-state index is -0.812. The van der Waals surface area contributed by atoms with E-state index in [0.29, 0.717) is 25.8 Å². The second-order valence-electron chi connectivity index (χ2n) is 4.79. The number of hydrogen-bond acceptors (Lipinski definition) is 3. The van der Waals surface area contributed by atoms with Gasteiger partial charge in [0, 0.05) is 19.5 Å². The van der Waals surface area contributed by atoms with Crippen LogP contribution in [-0.4, -0.2) is 35.5 Å². The molecule has 5 nitrogen and oxygen atoms in total. The van der Waals surface area contributed by atoms with Crippen LogP contribution in [-0.2, 0) is 9.59 Å². The number of nitrogens with zero attached hydrogens (tertiary/aromatic N) is 2. The fraction of sp³-hybridized carbons (Fsp3) is 0.750. The van der Waals surface area contributed by atoms with E-state index < -0.39 is 5.97 Å². The lowest BCUT2D eigenvalue weighted by Gasteiger charge is -2.21. The molecule has 0 saturated heterocycles. The molecule has 1 amide bonds. The molecule has 1 saturated carbocycles. The van der Waals surface area contributed by atoms with Crippen molar-refractivity contribution < 1.29 is 14.7 Å². The molecule has 5 heteroatoms. The monoisotopic (exact) mass is 238 g/mol. The number of hydrogen-bond donors (Lipinski definition) is 1. The molecule has 0 spiro atoms. The van der Waals surface area contributed by atoms with Crippen molar-refractivity contribution in [3.8, 4) is 6.07 Å². The summed E-state index contributed by atoms with van der Waals surface area (Å²) in [5.74, 6) is -1.61. The lowest BCUT2D eigenvalue weighted by Crippen LogP contribution is -2.35. The summed E-state index contributed by atoms with van der Waals surface area (Å²) >= 11 is 0. The molecule has 0 aromatic rings. The van der Waals surface area contributed by atoms with Gasteiger partial charge in [0.05, 0.1) is 17.9 Å². The molecule has 1 rings (SSSR count). The van der Waals surface area contributed by atoms with Crippen LogP contribution in [0.4, 0.5) is 0 Å². The number of rotatable bonds is 4. The summed E-state index contributed by atoms with van der Waals surface area (Å²) in [6.45, 7) is 2.17. The van der Waals surface area contributed by atoms with Crippen LogP contribution in [0.5, 0.6) is 0 Å². The van der Waals surface area contributed by atoms with E-state index in [9.17, 15) is 9.59 Å². The van der Waals surface area contributed by atoms with E-state index in [2.05, 4.69) is 6.07 Å². The Morgan fingerprint density at radius 2 is 2.06 bits per heavy atom. The van der Waals surface area contributed by atoms with Gasteiger partial charge in [-0.1, -0.05) is 0 Å². The van der Waals surface area contributed by atoms with Crippen molar-refractivity contribution in [2.24, 2.45) is 17.8 Å². The van der Waals surface area contributed by atoms with E-state index in [1.165, 1.54) is 0 Å². The summed E-state index contributed by atoms with van der Waals surface area (Å²) in [6.07, 6.45) is 1.65. The number of amides is 1. The third-order valence-electron chi connectivity index (χ3n) is 3.28. The summed E-state index contributed by atoms with van der Waals surface area (Å²) in [5, 5.41) is 17.5. The molecule has 0 aliphatic heterocycles. The SMILES string of the molecule is CC(C#N)CN(C)C(=O)[C@@H]1CC[C@H](C(=O)O)C1. The molecule has 0 bridgehead atoms. The molecule has 1 aliphatic rings. The average molecular weight is 238 g/mol. The topological polar surface area (TPSA) is 81.4 Å². The Kier molecular flexibility index (Phi) is 4.50. The minimum Gasteiger partial charge on any atom is -0.481 e. The predicted octanol–water partition coefficient (Wildman–Crippen LogP) is 1.11. The first-order chi connectivity index (χ1) is 7.95. The third-order valence-corrected chi connectivity index (χ3v) is 3.28. The summed E-state index contributed by atoms with van der Waals surface area (Å²) < 4.78 is 0. The Labute approximate surface area is 101 Å². The Bertz CT molecular complexity index is 348. The van der Waals surface area contributed by atoms with Crippen LogP contribution in [0.3, 0.4) is 0 Å². The lowest BCUT2D eigenvalue weighted by atomic mass is 10.0. The normalized spacial score (nSPS) is 25.0. The number of carbonyl (C=O) groups excluding carboxylic acids is 1. The molecule has 0 aromatic heterocycles. The Hall–Kier alpha value is -1.57. The Morgan fingerprint density at radius 1 is 1.47 bits per heavy atom. The molecule has 1 fully saturated rings. The highest BCUT2D eigenvalue weighted by atomic mass is 16.4. The number of nitriles is 1. The van der Waals surface area contributed by atoms with Crippen molar-refractivity contribution in [2.45, 2.75) is 26.2 Å². The summed E-state index contributed by atoms with van der Waals surface area (Å²) in [5.41, 5.74) is 0. The van der Waals surface area contributed by atoms with E-state index in [0.717, 1.165) is 0 Å². The van der Waals surface area contributed by atoms with Gasteiger partial charge in [-0.05, 0) is 26.2 Å². The maximum Gasteiger partial charge on any atom is 0.306 e. The first kappa shape index (κ1) is 13.5. The number of aliphatic carboxylic acids is 1. The molecule has 94 valence electrons. The van der Waals surface area contributed by atoms with Gasteiger partial charge in [-0.25, -0.2) is 0 Å². The van der Waals surface area contributed by atoms with Crippen LogP contribution in [0.25, 0.3) is 0 Å². The molecule has 1 aliphatic carbocycles. The van der Waals surface area contributed by atoms with Gasteiger partial charge in [-0.2, -0.15) is 5.26 Å². The first-order valence-electron chi connectivity index (χ1n) is 5.83. The highest BCUT2D eigenvalue weighted by Crippen LogP contribution is 2.32. The molecule has 1 N–H and O–H groups in total. The van der Waals surface area contributed by atoms with Gasteiger partial charge in [0.2, 0.25) is 5.91 Å². The zero-order valence-corrected chi connectivity index (χ0v) is 10.2. The molecule has 1 unspecified atom stereocenters. The largest absolute Gasteiger partial charge is 0.481 e. The quantitative estimate of drug-likeness (QED) is 0.795. The summed E-state index contributed by atoms with van der Waals surface area (Å²) in [6, 6.07) is 2.08. The third kappa shape index (κ3) is 3.45. The van der Waals surface area contributed by atoms with Crippen molar-refractivity contribution in [2.75, 3.05) is 13.6 Å². The first-order valence-corrected chi connectivity index (χ1v) is 5.83. The van der Waals surface area contributed by atoms with Crippen LogP contribution in [0.1, 0.15) is 26.2 Å². The predicted molar refractivity (Wildman–Crippen MR) is 60.9 cm³/mol. The van der Waals surface area contributed by atoms with Crippen LogP contribution < -0.4 is 0 Å². The standard InChI is InChI=1S/C12H18N2O3/c1-8(6-13)7-14(2)11(15)9-3-4-10(5-9)12(16)17/h8-10H,3-5,7H2,1-2H3,(H,16,17)/t8?,9-,10+/m1/s1. The molecular formula is C12H18N2O3. The minimum absolute atomic E-state index is 0.0316. The number of carbonyl (C=O) groups is 2. The lowest BCUT2D eigenvalue weighted by molar-refractivity contribution is -0.141. The second kappa shape index (κ2) is 5.67. The molecule has 0 radical (unpaired) electrons. The van der Waals surface area contributed by atoms with E-state index in [-0.39, 0.29) is 23.7 Å². The van der Waals surface area contributed by atoms with Crippen LogP contribution in [0, 0.1) is 29.1 Å². The second-order valence-corrected chi connectivity index (χ2v) is 4.79. The van der Waals surface area contributed by atoms with Crippen LogP contribution >= 0.6 is 0 Å². The maximum absolute atomic E-state index is 12.0. The Balaban J connectivity index is 2.49. The van der Waals surface area contributed by atoms with Gasteiger partial charge in [0.15, 0.2) is 0 Å². The van der Waals surface area contributed by atoms with E-state index in [1.807, 2.05) is 0 Å². The van der Waals surface area contributed by atoms with Gasteiger partial charge >= 0.3 is 5.97 Å². The zero-order valence-electron chi connectivity index (χ0n) is 10.2. The molecular weight excluding hydrogens is 220 g/mol. The number of carboxylic acids is 1. The molecule has 0 heterocycles. The fourth-order valence-corrected chi connectivity index (χ4v) is 2.28. The van der Waals surface area contributed by atoms with E-state index in [1.54, 1.807) is 18.9 Å². The van der Waals surface area contributed by atoms with E-state index in [4.69, 9.17) is 10.4 Å². The number of carboxylic acid groups (broad SMARTS) is 1. The van der Waals surface area contributed by atoms with Gasteiger partial charge < -0.3 is 10.0 Å².